The summed E-state index contributed by atoms with van der Waals surface area (Å²) in [4.78, 5) is 18.9. The van der Waals surface area contributed by atoms with E-state index in [9.17, 15) is 4.79 Å². The molecule has 1 amide bonds. The second-order valence-corrected chi connectivity index (χ2v) is 6.24. The molecule has 0 saturated carbocycles. The summed E-state index contributed by atoms with van der Waals surface area (Å²) < 4.78 is 0. The molecule has 0 spiro atoms. The SMILES string of the molecule is CCC(C)NC(=O)c1ccc(N2c3ccccc3CC2C)nc1. The van der Waals surface area contributed by atoms with Crippen LogP contribution in [0.1, 0.15) is 43.1 Å². The fourth-order valence-corrected chi connectivity index (χ4v) is 2.99. The largest absolute Gasteiger partial charge is 0.350 e. The third-order valence-corrected chi connectivity index (χ3v) is 4.45. The molecule has 2 heterocycles. The number of hydrogen-bond donors (Lipinski definition) is 1. The van der Waals surface area contributed by atoms with Gasteiger partial charge in [0.25, 0.3) is 5.91 Å². The fraction of sp³-hybridized carbons (Fsp3) is 0.368. The maximum Gasteiger partial charge on any atom is 0.253 e. The molecule has 3 rings (SSSR count). The van der Waals surface area contributed by atoms with E-state index >= 15 is 0 Å². The number of anilines is 2. The van der Waals surface area contributed by atoms with Crippen LogP contribution in [0.5, 0.6) is 0 Å². The highest BCUT2D eigenvalue weighted by Crippen LogP contribution is 2.36. The van der Waals surface area contributed by atoms with E-state index in [0.29, 0.717) is 11.6 Å². The highest BCUT2D eigenvalue weighted by Gasteiger charge is 2.27. The fourth-order valence-electron chi connectivity index (χ4n) is 2.99. The predicted octanol–water partition coefficient (Wildman–Crippen LogP) is 3.69. The maximum absolute atomic E-state index is 12.1. The first kappa shape index (κ1) is 15.5. The van der Waals surface area contributed by atoms with Crippen molar-refractivity contribution in [2.24, 2.45) is 0 Å². The van der Waals surface area contributed by atoms with Crippen molar-refractivity contribution in [3.63, 3.8) is 0 Å². The van der Waals surface area contributed by atoms with Crippen LogP contribution in [0.25, 0.3) is 0 Å². The summed E-state index contributed by atoms with van der Waals surface area (Å²) in [6.45, 7) is 6.26. The predicted molar refractivity (Wildman–Crippen MR) is 93.2 cm³/mol. The van der Waals surface area contributed by atoms with E-state index in [4.69, 9.17) is 0 Å². The Morgan fingerprint density at radius 1 is 1.35 bits per heavy atom. The maximum atomic E-state index is 12.1. The summed E-state index contributed by atoms with van der Waals surface area (Å²) in [5, 5.41) is 2.97. The molecule has 2 unspecified atom stereocenters. The summed E-state index contributed by atoms with van der Waals surface area (Å²) in [6.07, 6.45) is 3.61. The summed E-state index contributed by atoms with van der Waals surface area (Å²) in [6, 6.07) is 12.8. The van der Waals surface area contributed by atoms with Crippen LogP contribution in [0.4, 0.5) is 11.5 Å². The standard InChI is InChI=1S/C19H23N3O/c1-4-13(2)21-19(23)16-9-10-18(20-12-16)22-14(3)11-15-7-5-6-8-17(15)22/h5-10,12-14H,4,11H2,1-3H3,(H,21,23). The molecular weight excluding hydrogens is 286 g/mol. The Morgan fingerprint density at radius 3 is 2.83 bits per heavy atom. The third-order valence-electron chi connectivity index (χ3n) is 4.45. The second kappa shape index (κ2) is 6.41. The number of rotatable bonds is 4. The van der Waals surface area contributed by atoms with Crippen LogP contribution >= 0.6 is 0 Å². The number of carbonyl (C=O) groups excluding carboxylic acids is 1. The molecule has 1 N–H and O–H groups in total. The van der Waals surface area contributed by atoms with Gasteiger partial charge in [0.05, 0.1) is 5.56 Å². The number of fused-ring (bicyclic) bond motifs is 1. The van der Waals surface area contributed by atoms with Crippen molar-refractivity contribution in [2.45, 2.75) is 45.7 Å². The van der Waals surface area contributed by atoms with Gasteiger partial charge in [-0.05, 0) is 50.5 Å². The number of benzene rings is 1. The first-order valence-corrected chi connectivity index (χ1v) is 8.24. The molecule has 2 aromatic rings. The van der Waals surface area contributed by atoms with Crippen LogP contribution < -0.4 is 10.2 Å². The van der Waals surface area contributed by atoms with E-state index < -0.39 is 0 Å². The number of amides is 1. The number of nitrogens with zero attached hydrogens (tertiary/aromatic N) is 2. The number of aromatic nitrogens is 1. The molecule has 1 aliphatic rings. The van der Waals surface area contributed by atoms with Crippen molar-refractivity contribution in [2.75, 3.05) is 4.90 Å². The van der Waals surface area contributed by atoms with Crippen molar-refractivity contribution in [3.8, 4) is 0 Å². The van der Waals surface area contributed by atoms with Crippen molar-refractivity contribution in [1.29, 1.82) is 0 Å². The zero-order valence-electron chi connectivity index (χ0n) is 13.9. The summed E-state index contributed by atoms with van der Waals surface area (Å²) >= 11 is 0. The molecule has 0 aliphatic carbocycles. The lowest BCUT2D eigenvalue weighted by molar-refractivity contribution is 0.0939. The second-order valence-electron chi connectivity index (χ2n) is 6.24. The van der Waals surface area contributed by atoms with E-state index in [1.807, 2.05) is 19.1 Å². The van der Waals surface area contributed by atoms with Gasteiger partial charge < -0.3 is 10.2 Å². The van der Waals surface area contributed by atoms with Gasteiger partial charge in [0.15, 0.2) is 0 Å². The lowest BCUT2D eigenvalue weighted by Gasteiger charge is -2.24. The Hall–Kier alpha value is -2.36. The van der Waals surface area contributed by atoms with E-state index in [2.05, 4.69) is 53.3 Å². The molecular formula is C19H23N3O. The molecule has 1 aliphatic heterocycles. The highest BCUT2D eigenvalue weighted by atomic mass is 16.1. The first-order valence-electron chi connectivity index (χ1n) is 8.24. The topological polar surface area (TPSA) is 45.2 Å². The smallest absolute Gasteiger partial charge is 0.253 e. The lowest BCUT2D eigenvalue weighted by Crippen LogP contribution is -2.32. The molecule has 4 nitrogen and oxygen atoms in total. The van der Waals surface area contributed by atoms with Gasteiger partial charge in [0.1, 0.15) is 5.82 Å². The van der Waals surface area contributed by atoms with E-state index in [1.165, 1.54) is 11.3 Å². The van der Waals surface area contributed by atoms with Gasteiger partial charge in [-0.25, -0.2) is 4.98 Å². The average molecular weight is 309 g/mol. The van der Waals surface area contributed by atoms with Crippen molar-refractivity contribution in [1.82, 2.24) is 10.3 Å². The molecule has 4 heteroatoms. The molecule has 0 fully saturated rings. The van der Waals surface area contributed by atoms with E-state index in [-0.39, 0.29) is 11.9 Å². The summed E-state index contributed by atoms with van der Waals surface area (Å²) in [7, 11) is 0. The van der Waals surface area contributed by atoms with E-state index in [1.54, 1.807) is 6.20 Å². The number of hydrogen-bond acceptors (Lipinski definition) is 3. The molecule has 120 valence electrons. The minimum Gasteiger partial charge on any atom is -0.350 e. The number of pyridine rings is 1. The molecule has 2 atom stereocenters. The Labute approximate surface area is 137 Å². The monoisotopic (exact) mass is 309 g/mol. The zero-order valence-corrected chi connectivity index (χ0v) is 13.9. The van der Waals surface area contributed by atoms with Crippen LogP contribution in [0, 0.1) is 0 Å². The summed E-state index contributed by atoms with van der Waals surface area (Å²) in [5.74, 6) is 0.829. The zero-order chi connectivity index (χ0) is 16.4. The van der Waals surface area contributed by atoms with Crippen LogP contribution in [-0.4, -0.2) is 23.0 Å². The van der Waals surface area contributed by atoms with E-state index in [0.717, 1.165) is 18.7 Å². The van der Waals surface area contributed by atoms with Gasteiger partial charge in [0.2, 0.25) is 0 Å². The number of nitrogens with one attached hydrogen (secondary N) is 1. The van der Waals surface area contributed by atoms with Gasteiger partial charge in [0, 0.05) is 24.0 Å². The minimum atomic E-state index is -0.0618. The number of para-hydroxylation sites is 1. The summed E-state index contributed by atoms with van der Waals surface area (Å²) in [5.41, 5.74) is 3.17. The first-order chi connectivity index (χ1) is 11.1. The quantitative estimate of drug-likeness (QED) is 0.937. The average Bonchev–Trinajstić information content (AvgIpc) is 2.90. The molecule has 0 bridgehead atoms. The van der Waals surface area contributed by atoms with Crippen LogP contribution in [-0.2, 0) is 6.42 Å². The lowest BCUT2D eigenvalue weighted by atomic mass is 10.1. The normalized spacial score (nSPS) is 17.7. The minimum absolute atomic E-state index is 0.0618. The van der Waals surface area contributed by atoms with Crippen molar-refractivity contribution in [3.05, 3.63) is 53.7 Å². The van der Waals surface area contributed by atoms with Crippen LogP contribution in [0.2, 0.25) is 0 Å². The molecule has 0 saturated heterocycles. The van der Waals surface area contributed by atoms with Crippen LogP contribution in [0.3, 0.4) is 0 Å². The third kappa shape index (κ3) is 3.07. The molecule has 0 radical (unpaired) electrons. The number of carbonyl (C=O) groups is 1. The van der Waals surface area contributed by atoms with Crippen molar-refractivity contribution >= 4 is 17.4 Å². The van der Waals surface area contributed by atoms with Gasteiger partial charge >= 0.3 is 0 Å². The van der Waals surface area contributed by atoms with Gasteiger partial charge in [-0.15, -0.1) is 0 Å². The molecule has 23 heavy (non-hydrogen) atoms. The molecule has 1 aromatic carbocycles. The Kier molecular flexibility index (Phi) is 4.33. The van der Waals surface area contributed by atoms with Gasteiger partial charge in [-0.3, -0.25) is 4.79 Å². The Balaban J connectivity index is 1.82. The van der Waals surface area contributed by atoms with Gasteiger partial charge in [-0.1, -0.05) is 25.1 Å². The highest BCUT2D eigenvalue weighted by molar-refractivity contribution is 5.94. The van der Waals surface area contributed by atoms with Crippen LogP contribution in [0.15, 0.2) is 42.6 Å². The Bertz CT molecular complexity index is 696. The Morgan fingerprint density at radius 2 is 2.13 bits per heavy atom. The van der Waals surface area contributed by atoms with Gasteiger partial charge in [-0.2, -0.15) is 0 Å². The molecule has 1 aromatic heterocycles. The van der Waals surface area contributed by atoms with Crippen molar-refractivity contribution < 1.29 is 4.79 Å².